The summed E-state index contributed by atoms with van der Waals surface area (Å²) >= 11 is 8.25. The molecule has 4 N–H and O–H groups in total. The number of anilines is 1. The normalized spacial score (nSPS) is 27.6. The molecule has 13 heteroatoms. The molecule has 0 radical (unpaired) electrons. The first-order valence-corrected chi connectivity index (χ1v) is 10.1. The number of hydrogen-bond acceptors (Lipinski definition) is 9. The molecule has 0 spiro atoms. The number of nitrogens with one attached hydrogen (secondary N) is 1. The number of carbonyl (C=O) groups is 3. The van der Waals surface area contributed by atoms with Gasteiger partial charge < -0.3 is 25.9 Å². The SMILES string of the molecule is CON=C(C(=O)N[C@@H]1C(=O)N2CC(CCl)(C(=O)O)CS[C@H]12)c1csc(N)n1. The van der Waals surface area contributed by atoms with E-state index in [0.29, 0.717) is 0 Å². The predicted octanol–water partition coefficient (Wildman–Crippen LogP) is -0.214. The molecule has 2 fully saturated rings. The number of nitrogen functional groups attached to an aromatic ring is 1. The van der Waals surface area contributed by atoms with Crippen LogP contribution in [0.5, 0.6) is 0 Å². The Balaban J connectivity index is 1.71. The molecule has 0 aliphatic carbocycles. The third-order valence-corrected chi connectivity index (χ3v) is 7.08. The number of carboxylic acids is 1. The van der Waals surface area contributed by atoms with E-state index < -0.39 is 23.3 Å². The topological polar surface area (TPSA) is 147 Å². The number of carbonyl (C=O) groups excluding carboxylic acids is 2. The van der Waals surface area contributed by atoms with E-state index in [1.54, 1.807) is 5.38 Å². The maximum Gasteiger partial charge on any atom is 0.313 e. The maximum absolute atomic E-state index is 12.6. The average molecular weight is 434 g/mol. The third kappa shape index (κ3) is 3.44. The van der Waals surface area contributed by atoms with Gasteiger partial charge >= 0.3 is 5.97 Å². The number of halogens is 1. The van der Waals surface area contributed by atoms with Crippen LogP contribution in [0, 0.1) is 5.41 Å². The Hall–Kier alpha value is -2.05. The zero-order valence-electron chi connectivity index (χ0n) is 14.0. The Morgan fingerprint density at radius 1 is 1.63 bits per heavy atom. The van der Waals surface area contributed by atoms with Gasteiger partial charge in [0, 0.05) is 23.6 Å². The van der Waals surface area contributed by atoms with Gasteiger partial charge in [0.2, 0.25) is 5.91 Å². The standard InChI is InChI=1S/C14H16ClN5O5S2/c1-25-19-7(6-2-26-13(16)17-6)9(21)18-8-10(22)20-4-14(3-15,12(23)24)5-27-11(8)20/h2,8,11H,3-5H2,1H3,(H2,16,17)(H,18,21)(H,23,24)/t8-,11-,14?/m1/s1. The number of amides is 2. The van der Waals surface area contributed by atoms with Crippen LogP contribution in [0.1, 0.15) is 5.69 Å². The number of fused-ring (bicyclic) bond motifs is 1. The average Bonchev–Trinajstić information content (AvgIpc) is 3.08. The van der Waals surface area contributed by atoms with Crippen molar-refractivity contribution in [3.63, 3.8) is 0 Å². The van der Waals surface area contributed by atoms with Crippen LogP contribution in [-0.2, 0) is 19.2 Å². The summed E-state index contributed by atoms with van der Waals surface area (Å²) in [4.78, 5) is 46.6. The highest BCUT2D eigenvalue weighted by molar-refractivity contribution is 8.00. The van der Waals surface area contributed by atoms with Crippen LogP contribution in [0.2, 0.25) is 0 Å². The van der Waals surface area contributed by atoms with Gasteiger partial charge in [0.1, 0.15) is 29.6 Å². The molecule has 2 aliphatic rings. The van der Waals surface area contributed by atoms with E-state index in [0.717, 1.165) is 11.3 Å². The second kappa shape index (κ2) is 7.52. The molecule has 0 aromatic carbocycles. The molecule has 0 saturated carbocycles. The van der Waals surface area contributed by atoms with Gasteiger partial charge in [0.15, 0.2) is 10.8 Å². The minimum Gasteiger partial charge on any atom is -0.481 e. The highest BCUT2D eigenvalue weighted by atomic mass is 35.5. The minimum absolute atomic E-state index is 0.0103. The fraction of sp³-hybridized carbons (Fsp3) is 0.500. The molecule has 3 atom stereocenters. The number of nitrogens with zero attached hydrogens (tertiary/aromatic N) is 3. The summed E-state index contributed by atoms with van der Waals surface area (Å²) < 4.78 is 0. The molecule has 2 aliphatic heterocycles. The van der Waals surface area contributed by atoms with Crippen molar-refractivity contribution in [3.05, 3.63) is 11.1 Å². The lowest BCUT2D eigenvalue weighted by molar-refractivity contribution is -0.157. The van der Waals surface area contributed by atoms with E-state index >= 15 is 0 Å². The van der Waals surface area contributed by atoms with Gasteiger partial charge in [-0.2, -0.15) is 0 Å². The molecule has 10 nitrogen and oxygen atoms in total. The smallest absolute Gasteiger partial charge is 0.313 e. The van der Waals surface area contributed by atoms with Gasteiger partial charge in [-0.25, -0.2) is 4.98 Å². The zero-order chi connectivity index (χ0) is 19.8. The molecule has 0 bridgehead atoms. The van der Waals surface area contributed by atoms with Crippen LogP contribution in [-0.4, -0.2) is 75.2 Å². The quantitative estimate of drug-likeness (QED) is 0.241. The minimum atomic E-state index is -1.19. The Morgan fingerprint density at radius 2 is 2.37 bits per heavy atom. The van der Waals surface area contributed by atoms with Crippen molar-refractivity contribution in [2.24, 2.45) is 10.6 Å². The molecule has 2 amide bonds. The molecule has 1 aromatic heterocycles. The van der Waals surface area contributed by atoms with Crippen molar-refractivity contribution >= 4 is 63.3 Å². The van der Waals surface area contributed by atoms with Gasteiger partial charge in [-0.05, 0) is 0 Å². The fourth-order valence-corrected chi connectivity index (χ4v) is 5.29. The summed E-state index contributed by atoms with van der Waals surface area (Å²) in [5.41, 5.74) is 4.54. The van der Waals surface area contributed by atoms with Crippen LogP contribution in [0.3, 0.4) is 0 Å². The van der Waals surface area contributed by atoms with Gasteiger partial charge in [0.25, 0.3) is 5.91 Å². The molecule has 146 valence electrons. The van der Waals surface area contributed by atoms with Crippen molar-refractivity contribution in [2.75, 3.05) is 31.0 Å². The lowest BCUT2D eigenvalue weighted by Gasteiger charge is -2.53. The van der Waals surface area contributed by atoms with E-state index in [4.69, 9.17) is 22.2 Å². The van der Waals surface area contributed by atoms with Gasteiger partial charge in [0.05, 0.1) is 0 Å². The third-order valence-electron chi connectivity index (χ3n) is 4.30. The van der Waals surface area contributed by atoms with Crippen LogP contribution >= 0.6 is 34.7 Å². The van der Waals surface area contributed by atoms with Crippen molar-refractivity contribution in [2.45, 2.75) is 11.4 Å². The number of oxime groups is 1. The Kier molecular flexibility index (Phi) is 5.49. The zero-order valence-corrected chi connectivity index (χ0v) is 16.4. The molecule has 3 heterocycles. The number of nitrogens with two attached hydrogens (primary N) is 1. The van der Waals surface area contributed by atoms with Crippen molar-refractivity contribution in [1.82, 2.24) is 15.2 Å². The Bertz CT molecular complexity index is 818. The first kappa shape index (κ1) is 19.7. The summed E-state index contributed by atoms with van der Waals surface area (Å²) in [5.74, 6) is -1.90. The van der Waals surface area contributed by atoms with Crippen LogP contribution in [0.15, 0.2) is 10.5 Å². The van der Waals surface area contributed by atoms with Crippen molar-refractivity contribution in [3.8, 4) is 0 Å². The summed E-state index contributed by atoms with van der Waals surface area (Å²) in [5, 5.41) is 17.2. The number of alkyl halides is 1. The predicted molar refractivity (Wildman–Crippen MR) is 101 cm³/mol. The maximum atomic E-state index is 12.6. The van der Waals surface area contributed by atoms with Crippen molar-refractivity contribution < 1.29 is 24.3 Å². The first-order chi connectivity index (χ1) is 12.8. The first-order valence-electron chi connectivity index (χ1n) is 7.68. The summed E-state index contributed by atoms with van der Waals surface area (Å²) in [7, 11) is 1.29. The van der Waals surface area contributed by atoms with Crippen LogP contribution in [0.4, 0.5) is 5.13 Å². The summed E-state index contributed by atoms with van der Waals surface area (Å²) in [6.45, 7) is 0.0103. The summed E-state index contributed by atoms with van der Waals surface area (Å²) in [6.07, 6.45) is 0. The molecule has 1 aromatic rings. The van der Waals surface area contributed by atoms with Gasteiger partial charge in [-0.15, -0.1) is 34.7 Å². The number of thiazole rings is 1. The number of aliphatic carboxylic acids is 1. The van der Waals surface area contributed by atoms with E-state index in [1.165, 1.54) is 23.8 Å². The van der Waals surface area contributed by atoms with Gasteiger partial charge in [-0.1, -0.05) is 5.16 Å². The molecule has 3 rings (SSSR count). The lowest BCUT2D eigenvalue weighted by atomic mass is 9.89. The van der Waals surface area contributed by atoms with Gasteiger partial charge in [-0.3, -0.25) is 14.4 Å². The second-order valence-electron chi connectivity index (χ2n) is 6.03. The monoisotopic (exact) mass is 433 g/mol. The van der Waals surface area contributed by atoms with E-state index in [1.807, 2.05) is 0 Å². The Labute approximate surface area is 167 Å². The van der Waals surface area contributed by atoms with E-state index in [-0.39, 0.29) is 46.0 Å². The molecular formula is C14H16ClN5O5S2. The van der Waals surface area contributed by atoms with E-state index in [9.17, 15) is 19.5 Å². The number of β-lactam (4-membered cyclic amide) rings is 1. The van der Waals surface area contributed by atoms with E-state index in [2.05, 4.69) is 15.5 Å². The van der Waals surface area contributed by atoms with Crippen molar-refractivity contribution in [1.29, 1.82) is 0 Å². The number of aromatic nitrogens is 1. The molecule has 27 heavy (non-hydrogen) atoms. The number of thioether (sulfide) groups is 1. The van der Waals surface area contributed by atoms with Crippen LogP contribution in [0.25, 0.3) is 0 Å². The second-order valence-corrected chi connectivity index (χ2v) is 8.29. The number of hydrogen-bond donors (Lipinski definition) is 3. The highest BCUT2D eigenvalue weighted by Gasteiger charge is 2.57. The lowest BCUT2D eigenvalue weighted by Crippen LogP contribution is -2.74. The number of rotatable bonds is 6. The highest BCUT2D eigenvalue weighted by Crippen LogP contribution is 2.42. The number of carboxylic acid groups (broad SMARTS) is 1. The summed E-state index contributed by atoms with van der Waals surface area (Å²) in [6, 6.07) is -0.789. The Morgan fingerprint density at radius 3 is 2.93 bits per heavy atom. The van der Waals surface area contributed by atoms with Crippen LogP contribution < -0.4 is 11.1 Å². The molecule has 1 unspecified atom stereocenters. The largest absolute Gasteiger partial charge is 0.481 e. The fourth-order valence-electron chi connectivity index (χ4n) is 2.80. The molecule has 2 saturated heterocycles. The molecular weight excluding hydrogens is 418 g/mol.